The van der Waals surface area contributed by atoms with Crippen molar-refractivity contribution in [2.24, 2.45) is 0 Å². The lowest BCUT2D eigenvalue weighted by Crippen LogP contribution is -1.97. The van der Waals surface area contributed by atoms with Crippen molar-refractivity contribution in [1.29, 1.82) is 0 Å². The quantitative estimate of drug-likeness (QED) is 0.168. The SMILES string of the molecule is c1ccc(-n2c3ccccc3c3ccc(-c4ccc5c(c4)c4ccc6ccccc6c4n5-c4cccc5c(-c6ccc7c(c6)-c6cccc8cccc-7c68)cccc45)cc32)cc1. The average molecular weight is 785 g/mol. The van der Waals surface area contributed by atoms with Crippen LogP contribution in [0.15, 0.2) is 218 Å². The van der Waals surface area contributed by atoms with Gasteiger partial charge < -0.3 is 9.13 Å². The smallest absolute Gasteiger partial charge is 0.0619 e. The molecule has 2 nitrogen and oxygen atoms in total. The van der Waals surface area contributed by atoms with Gasteiger partial charge in [0.1, 0.15) is 0 Å². The summed E-state index contributed by atoms with van der Waals surface area (Å²) in [6.45, 7) is 0. The van der Waals surface area contributed by atoms with Gasteiger partial charge in [0, 0.05) is 38.0 Å². The van der Waals surface area contributed by atoms with Crippen LogP contribution in [0, 0.1) is 0 Å². The molecule has 0 saturated heterocycles. The Hall–Kier alpha value is -8.20. The van der Waals surface area contributed by atoms with Crippen molar-refractivity contribution in [3.8, 4) is 55.9 Å². The topological polar surface area (TPSA) is 9.86 Å². The summed E-state index contributed by atoms with van der Waals surface area (Å²) in [4.78, 5) is 0. The van der Waals surface area contributed by atoms with Gasteiger partial charge >= 0.3 is 0 Å². The minimum absolute atomic E-state index is 1.17. The fourth-order valence-electron chi connectivity index (χ4n) is 10.9. The number of fused-ring (bicyclic) bond motifs is 12. The number of nitrogens with zero attached hydrogens (tertiary/aromatic N) is 2. The van der Waals surface area contributed by atoms with Crippen LogP contribution in [0.25, 0.3) is 132 Å². The zero-order valence-corrected chi connectivity index (χ0v) is 33.7. The van der Waals surface area contributed by atoms with Crippen molar-refractivity contribution in [1.82, 2.24) is 9.13 Å². The molecule has 14 rings (SSSR count). The highest BCUT2D eigenvalue weighted by Crippen LogP contribution is 2.49. The maximum Gasteiger partial charge on any atom is 0.0619 e. The third kappa shape index (κ3) is 4.64. The predicted molar refractivity (Wildman–Crippen MR) is 263 cm³/mol. The molecule has 0 N–H and O–H groups in total. The molecule has 2 aromatic heterocycles. The lowest BCUT2D eigenvalue weighted by Gasteiger charge is -2.16. The third-order valence-corrected chi connectivity index (χ3v) is 13.6. The highest BCUT2D eigenvalue weighted by atomic mass is 15.0. The molecule has 13 aromatic rings. The maximum absolute atomic E-state index is 2.53. The first-order valence-electron chi connectivity index (χ1n) is 21.5. The standard InChI is InChI=1S/C60H36N2/c1-2-15-42(16-3-1)61-55-24-7-6-18-48(55)49-31-27-40(36-58(49)61)39-29-33-57-54(34-39)52-32-26-37-12-4-5-17-44(37)60(52)62(57)56-25-11-20-45-43(19-10-21-47(45)56)41-28-30-46-50-22-8-13-38-14-9-23-51(59(38)50)53(46)35-41/h1-36H. The van der Waals surface area contributed by atoms with Gasteiger partial charge in [-0.15, -0.1) is 0 Å². The van der Waals surface area contributed by atoms with E-state index in [1.165, 1.54) is 132 Å². The molecule has 286 valence electrons. The molecule has 1 aliphatic carbocycles. The van der Waals surface area contributed by atoms with Gasteiger partial charge in [-0.25, -0.2) is 0 Å². The van der Waals surface area contributed by atoms with Gasteiger partial charge in [-0.05, 0) is 115 Å². The normalized spacial score (nSPS) is 12.2. The van der Waals surface area contributed by atoms with Crippen LogP contribution in [0.5, 0.6) is 0 Å². The average Bonchev–Trinajstić information content (AvgIpc) is 3.97. The molecule has 0 atom stereocenters. The van der Waals surface area contributed by atoms with E-state index >= 15 is 0 Å². The molecular formula is C60H36N2. The van der Waals surface area contributed by atoms with Crippen molar-refractivity contribution < 1.29 is 0 Å². The Morgan fingerprint density at radius 3 is 1.79 bits per heavy atom. The molecular weight excluding hydrogens is 749 g/mol. The molecule has 0 bridgehead atoms. The zero-order chi connectivity index (χ0) is 40.5. The molecule has 1 aliphatic rings. The Labute approximate surface area is 357 Å². The zero-order valence-electron chi connectivity index (χ0n) is 33.7. The largest absolute Gasteiger partial charge is 0.309 e. The summed E-state index contributed by atoms with van der Waals surface area (Å²) < 4.78 is 4.93. The summed E-state index contributed by atoms with van der Waals surface area (Å²) in [5.74, 6) is 0. The number of hydrogen-bond acceptors (Lipinski definition) is 0. The molecule has 2 heterocycles. The van der Waals surface area contributed by atoms with Crippen molar-refractivity contribution >= 4 is 75.9 Å². The predicted octanol–water partition coefficient (Wildman–Crippen LogP) is 16.3. The first kappa shape index (κ1) is 33.6. The van der Waals surface area contributed by atoms with Gasteiger partial charge in [-0.3, -0.25) is 0 Å². The Kier molecular flexibility index (Phi) is 6.86. The van der Waals surface area contributed by atoms with Crippen LogP contribution in [0.4, 0.5) is 0 Å². The molecule has 0 fully saturated rings. The van der Waals surface area contributed by atoms with Crippen LogP contribution in [0.3, 0.4) is 0 Å². The fraction of sp³-hybridized carbons (Fsp3) is 0. The lowest BCUT2D eigenvalue weighted by molar-refractivity contribution is 1.18. The van der Waals surface area contributed by atoms with Crippen molar-refractivity contribution in [2.75, 3.05) is 0 Å². The van der Waals surface area contributed by atoms with Crippen molar-refractivity contribution in [3.63, 3.8) is 0 Å². The molecule has 0 aliphatic heterocycles. The van der Waals surface area contributed by atoms with E-state index in [1.807, 2.05) is 0 Å². The summed E-state index contributed by atoms with van der Waals surface area (Å²) in [6, 6.07) is 81.1. The second-order valence-corrected chi connectivity index (χ2v) is 16.8. The first-order chi connectivity index (χ1) is 30.8. The van der Waals surface area contributed by atoms with Crippen molar-refractivity contribution in [3.05, 3.63) is 218 Å². The van der Waals surface area contributed by atoms with E-state index in [0.29, 0.717) is 0 Å². The van der Waals surface area contributed by atoms with Gasteiger partial charge in [-0.2, -0.15) is 0 Å². The van der Waals surface area contributed by atoms with Crippen LogP contribution in [0.1, 0.15) is 0 Å². The monoisotopic (exact) mass is 784 g/mol. The summed E-state index contributed by atoms with van der Waals surface area (Å²) >= 11 is 0. The van der Waals surface area contributed by atoms with E-state index in [2.05, 4.69) is 228 Å². The number of benzene rings is 11. The molecule has 11 aromatic carbocycles. The molecule has 0 unspecified atom stereocenters. The number of aromatic nitrogens is 2. The second-order valence-electron chi connectivity index (χ2n) is 16.8. The molecule has 0 radical (unpaired) electrons. The lowest BCUT2D eigenvalue weighted by atomic mass is 9.93. The number of hydrogen-bond donors (Lipinski definition) is 0. The minimum Gasteiger partial charge on any atom is -0.309 e. The van der Waals surface area contributed by atoms with E-state index < -0.39 is 0 Å². The highest BCUT2D eigenvalue weighted by Gasteiger charge is 2.23. The molecule has 2 heteroatoms. The van der Waals surface area contributed by atoms with Crippen LogP contribution >= 0.6 is 0 Å². The fourth-order valence-corrected chi connectivity index (χ4v) is 10.9. The Balaban J connectivity index is 0.977. The van der Waals surface area contributed by atoms with E-state index in [9.17, 15) is 0 Å². The van der Waals surface area contributed by atoms with E-state index in [-0.39, 0.29) is 0 Å². The highest BCUT2D eigenvalue weighted by molar-refractivity contribution is 6.21. The van der Waals surface area contributed by atoms with Crippen LogP contribution in [-0.4, -0.2) is 9.13 Å². The van der Waals surface area contributed by atoms with Crippen molar-refractivity contribution in [2.45, 2.75) is 0 Å². The molecule has 62 heavy (non-hydrogen) atoms. The summed E-state index contributed by atoms with van der Waals surface area (Å²) in [6.07, 6.45) is 0. The Morgan fingerprint density at radius 2 is 0.887 bits per heavy atom. The summed E-state index contributed by atoms with van der Waals surface area (Å²) in [5.41, 5.74) is 17.4. The number of rotatable bonds is 4. The molecule has 0 saturated carbocycles. The summed E-state index contributed by atoms with van der Waals surface area (Å²) in [5, 5.41) is 12.6. The second kappa shape index (κ2) is 12.7. The van der Waals surface area contributed by atoms with Crippen LogP contribution in [-0.2, 0) is 0 Å². The van der Waals surface area contributed by atoms with Gasteiger partial charge in [0.25, 0.3) is 0 Å². The van der Waals surface area contributed by atoms with E-state index in [0.717, 1.165) is 0 Å². The molecule has 0 amide bonds. The maximum atomic E-state index is 2.53. The third-order valence-electron chi connectivity index (χ3n) is 13.6. The van der Waals surface area contributed by atoms with Gasteiger partial charge in [0.15, 0.2) is 0 Å². The molecule has 0 spiro atoms. The van der Waals surface area contributed by atoms with Crippen LogP contribution < -0.4 is 0 Å². The minimum atomic E-state index is 1.17. The first-order valence-corrected chi connectivity index (χ1v) is 21.5. The van der Waals surface area contributed by atoms with Gasteiger partial charge in [-0.1, -0.05) is 170 Å². The van der Waals surface area contributed by atoms with Gasteiger partial charge in [0.2, 0.25) is 0 Å². The van der Waals surface area contributed by atoms with Crippen LogP contribution in [0.2, 0.25) is 0 Å². The van der Waals surface area contributed by atoms with Gasteiger partial charge in [0.05, 0.1) is 27.8 Å². The summed E-state index contributed by atoms with van der Waals surface area (Å²) in [7, 11) is 0. The van der Waals surface area contributed by atoms with E-state index in [4.69, 9.17) is 0 Å². The Bertz CT molecular complexity index is 4030. The van der Waals surface area contributed by atoms with E-state index in [1.54, 1.807) is 0 Å². The Morgan fingerprint density at radius 1 is 0.258 bits per heavy atom. The number of para-hydroxylation sites is 2.